The number of ether oxygens (including phenoxy) is 2. The van der Waals surface area contributed by atoms with Crippen LogP contribution in [0.25, 0.3) is 10.8 Å². The maximum absolute atomic E-state index is 13.1. The summed E-state index contributed by atoms with van der Waals surface area (Å²) >= 11 is 0. The molecule has 1 amide bonds. The molecule has 0 unspecified atom stereocenters. The molecule has 0 aromatic heterocycles. The van der Waals surface area contributed by atoms with Gasteiger partial charge in [-0.05, 0) is 29.1 Å². The van der Waals surface area contributed by atoms with Gasteiger partial charge in [-0.3, -0.25) is 14.0 Å². The minimum atomic E-state index is -3.65. The summed E-state index contributed by atoms with van der Waals surface area (Å²) in [6.07, 6.45) is 1.14. The number of hydrogen-bond donors (Lipinski definition) is 0. The third-order valence-corrected chi connectivity index (χ3v) is 7.41. The molecule has 0 radical (unpaired) electrons. The summed E-state index contributed by atoms with van der Waals surface area (Å²) in [6, 6.07) is 19.0. The lowest BCUT2D eigenvalue weighted by Gasteiger charge is -2.36. The Labute approximate surface area is 199 Å². The van der Waals surface area contributed by atoms with Crippen molar-refractivity contribution >= 4 is 32.4 Å². The summed E-state index contributed by atoms with van der Waals surface area (Å²) in [5.74, 6) is 1.34. The summed E-state index contributed by atoms with van der Waals surface area (Å²) in [5.41, 5.74) is 1.65. The van der Waals surface area contributed by atoms with Crippen molar-refractivity contribution in [2.24, 2.45) is 0 Å². The maximum atomic E-state index is 13.1. The van der Waals surface area contributed by atoms with Crippen LogP contribution in [0.2, 0.25) is 0 Å². The third kappa shape index (κ3) is 4.67. The molecule has 0 N–H and O–H groups in total. The van der Waals surface area contributed by atoms with E-state index in [1.54, 1.807) is 11.0 Å². The van der Waals surface area contributed by atoms with Gasteiger partial charge in [-0.2, -0.15) is 0 Å². The summed E-state index contributed by atoms with van der Waals surface area (Å²) in [7, 11) is -3.65. The van der Waals surface area contributed by atoms with Gasteiger partial charge in [-0.25, -0.2) is 8.42 Å². The Kier molecular flexibility index (Phi) is 6.05. The molecule has 1 fully saturated rings. The van der Waals surface area contributed by atoms with Crippen LogP contribution in [0.15, 0.2) is 60.7 Å². The Morgan fingerprint density at radius 3 is 2.47 bits per heavy atom. The molecule has 2 aliphatic heterocycles. The minimum absolute atomic E-state index is 0.193. The van der Waals surface area contributed by atoms with Gasteiger partial charge in [0, 0.05) is 38.1 Å². The molecule has 0 atom stereocenters. The van der Waals surface area contributed by atoms with Gasteiger partial charge in [0.05, 0.1) is 11.9 Å². The molecule has 8 nitrogen and oxygen atoms in total. The van der Waals surface area contributed by atoms with Gasteiger partial charge in [0.1, 0.15) is 6.54 Å². The Balaban J connectivity index is 1.24. The summed E-state index contributed by atoms with van der Waals surface area (Å²) in [4.78, 5) is 17.2. The van der Waals surface area contributed by atoms with Gasteiger partial charge in [0.2, 0.25) is 22.7 Å². The van der Waals surface area contributed by atoms with Gasteiger partial charge < -0.3 is 14.4 Å². The van der Waals surface area contributed by atoms with Gasteiger partial charge in [-0.1, -0.05) is 42.5 Å². The quantitative estimate of drug-likeness (QED) is 0.539. The van der Waals surface area contributed by atoms with Crippen LogP contribution in [0.1, 0.15) is 5.56 Å². The first kappa shape index (κ1) is 22.5. The predicted octanol–water partition coefficient (Wildman–Crippen LogP) is 2.68. The fraction of sp³-hybridized carbons (Fsp3) is 0.320. The normalized spacial score (nSPS) is 16.1. The molecule has 0 saturated carbocycles. The molecule has 3 aromatic carbocycles. The molecule has 178 valence electrons. The number of rotatable bonds is 6. The largest absolute Gasteiger partial charge is 0.454 e. The van der Waals surface area contributed by atoms with Crippen LogP contribution in [0, 0.1) is 0 Å². The van der Waals surface area contributed by atoms with Crippen molar-refractivity contribution in [1.82, 2.24) is 9.80 Å². The van der Waals surface area contributed by atoms with Gasteiger partial charge in [0.15, 0.2) is 11.5 Å². The molecule has 9 heteroatoms. The fourth-order valence-corrected chi connectivity index (χ4v) is 5.34. The summed E-state index contributed by atoms with van der Waals surface area (Å²) in [5, 5.41) is 1.73. The molecule has 5 rings (SSSR count). The molecular formula is C25H27N3O5S. The van der Waals surface area contributed by atoms with Crippen molar-refractivity contribution < 1.29 is 22.7 Å². The second-order valence-electron chi connectivity index (χ2n) is 8.61. The Hall–Kier alpha value is -3.30. The van der Waals surface area contributed by atoms with Crippen LogP contribution >= 0.6 is 0 Å². The number of carbonyl (C=O) groups is 1. The number of benzene rings is 3. The number of amides is 1. The number of fused-ring (bicyclic) bond motifs is 2. The SMILES string of the molecule is CS(=O)(=O)N(CC(=O)N1CCN(Cc2ccc3c(c2)OCO3)CC1)c1cccc2ccccc12. The minimum Gasteiger partial charge on any atom is -0.454 e. The summed E-state index contributed by atoms with van der Waals surface area (Å²) < 4.78 is 37.4. The number of nitrogens with zero attached hydrogens (tertiary/aromatic N) is 3. The highest BCUT2D eigenvalue weighted by Gasteiger charge is 2.27. The Morgan fingerprint density at radius 2 is 1.68 bits per heavy atom. The molecule has 2 aliphatic rings. The highest BCUT2D eigenvalue weighted by atomic mass is 32.2. The maximum Gasteiger partial charge on any atom is 0.243 e. The van der Waals surface area contributed by atoms with E-state index in [9.17, 15) is 13.2 Å². The molecule has 2 heterocycles. The van der Waals surface area contributed by atoms with Crippen LogP contribution in [0.5, 0.6) is 11.5 Å². The molecule has 34 heavy (non-hydrogen) atoms. The van der Waals surface area contributed by atoms with E-state index in [4.69, 9.17) is 9.47 Å². The van der Waals surface area contributed by atoms with E-state index in [0.717, 1.165) is 40.6 Å². The van der Waals surface area contributed by atoms with Crippen LogP contribution in [-0.4, -0.2) is 69.9 Å². The fourth-order valence-electron chi connectivity index (χ4n) is 4.48. The van der Waals surface area contributed by atoms with E-state index >= 15 is 0 Å². The van der Waals surface area contributed by atoms with Crippen LogP contribution < -0.4 is 13.8 Å². The van der Waals surface area contributed by atoms with E-state index in [1.807, 2.05) is 54.6 Å². The number of anilines is 1. The first-order chi connectivity index (χ1) is 16.4. The number of piperazine rings is 1. The number of sulfonamides is 1. The highest BCUT2D eigenvalue weighted by Crippen LogP contribution is 2.33. The first-order valence-electron chi connectivity index (χ1n) is 11.2. The standard InChI is InChI=1S/C25H27N3O5S/c1-34(30,31)28(22-8-4-6-20-5-2-3-7-21(20)22)17-25(29)27-13-11-26(12-14-27)16-19-9-10-23-24(15-19)33-18-32-23/h2-10,15H,11-14,16-18H2,1H3. The molecule has 0 bridgehead atoms. The van der Waals surface area contributed by atoms with Crippen molar-refractivity contribution in [2.75, 3.05) is 50.1 Å². The Bertz CT molecular complexity index is 1310. The number of hydrogen-bond acceptors (Lipinski definition) is 6. The third-order valence-electron chi connectivity index (χ3n) is 6.28. The topological polar surface area (TPSA) is 79.4 Å². The van der Waals surface area contributed by atoms with Crippen molar-refractivity contribution in [3.05, 3.63) is 66.2 Å². The van der Waals surface area contributed by atoms with E-state index in [-0.39, 0.29) is 19.2 Å². The van der Waals surface area contributed by atoms with Crippen LogP contribution in [-0.2, 0) is 21.4 Å². The average molecular weight is 482 g/mol. The van der Waals surface area contributed by atoms with Crippen molar-refractivity contribution in [3.63, 3.8) is 0 Å². The highest BCUT2D eigenvalue weighted by molar-refractivity contribution is 7.92. The summed E-state index contributed by atoms with van der Waals surface area (Å²) in [6.45, 7) is 3.33. The zero-order chi connectivity index (χ0) is 23.7. The van der Waals surface area contributed by atoms with Crippen molar-refractivity contribution in [3.8, 4) is 11.5 Å². The lowest BCUT2D eigenvalue weighted by atomic mass is 10.1. The molecule has 1 saturated heterocycles. The van der Waals surface area contributed by atoms with Gasteiger partial charge in [-0.15, -0.1) is 0 Å². The van der Waals surface area contributed by atoms with Gasteiger partial charge in [0.25, 0.3) is 0 Å². The number of carbonyl (C=O) groups excluding carboxylic acids is 1. The zero-order valence-corrected chi connectivity index (χ0v) is 19.8. The average Bonchev–Trinajstić information content (AvgIpc) is 3.30. The molecule has 3 aromatic rings. The lowest BCUT2D eigenvalue weighted by molar-refractivity contribution is -0.131. The molecule has 0 aliphatic carbocycles. The zero-order valence-electron chi connectivity index (χ0n) is 19.0. The van der Waals surface area contributed by atoms with Gasteiger partial charge >= 0.3 is 0 Å². The molecular weight excluding hydrogens is 454 g/mol. The van der Waals surface area contributed by atoms with Crippen molar-refractivity contribution in [1.29, 1.82) is 0 Å². The van der Waals surface area contributed by atoms with Crippen LogP contribution in [0.4, 0.5) is 5.69 Å². The molecule has 0 spiro atoms. The van der Waals surface area contributed by atoms with E-state index in [0.29, 0.717) is 31.9 Å². The first-order valence-corrected chi connectivity index (χ1v) is 13.1. The predicted molar refractivity (Wildman–Crippen MR) is 131 cm³/mol. The van der Waals surface area contributed by atoms with E-state index in [2.05, 4.69) is 4.90 Å². The van der Waals surface area contributed by atoms with E-state index < -0.39 is 10.0 Å². The Morgan fingerprint density at radius 1 is 0.941 bits per heavy atom. The smallest absolute Gasteiger partial charge is 0.243 e. The second kappa shape index (κ2) is 9.15. The van der Waals surface area contributed by atoms with Crippen molar-refractivity contribution in [2.45, 2.75) is 6.54 Å². The van der Waals surface area contributed by atoms with Crippen LogP contribution in [0.3, 0.4) is 0 Å². The second-order valence-corrected chi connectivity index (χ2v) is 10.5. The monoisotopic (exact) mass is 481 g/mol. The van der Waals surface area contributed by atoms with E-state index in [1.165, 1.54) is 4.31 Å². The lowest BCUT2D eigenvalue weighted by Crippen LogP contribution is -2.51.